The molecule has 1 aliphatic rings. The van der Waals surface area contributed by atoms with Gasteiger partial charge in [-0.3, -0.25) is 4.79 Å². The highest BCUT2D eigenvalue weighted by atomic mass is 32.2. The normalized spacial score (nSPS) is 16.9. The first kappa shape index (κ1) is 28.2. The first-order valence-corrected chi connectivity index (χ1v) is 14.1. The van der Waals surface area contributed by atoms with Crippen molar-refractivity contribution in [2.75, 3.05) is 23.8 Å². The number of halogens is 1. The summed E-state index contributed by atoms with van der Waals surface area (Å²) in [5, 5.41) is -0.426. The summed E-state index contributed by atoms with van der Waals surface area (Å²) in [6, 6.07) is 8.05. The number of nitrogens with two attached hydrogens (primary N) is 1. The number of nitrogens with one attached hydrogen (secondary N) is 1. The van der Waals surface area contributed by atoms with Gasteiger partial charge in [0.1, 0.15) is 28.9 Å². The van der Waals surface area contributed by atoms with Crippen molar-refractivity contribution in [1.82, 2.24) is 19.7 Å². The first-order valence-electron chi connectivity index (χ1n) is 12.7. The van der Waals surface area contributed by atoms with Crippen molar-refractivity contribution >= 4 is 27.6 Å². The summed E-state index contributed by atoms with van der Waals surface area (Å²) in [6.45, 7) is 11.3. The number of benzene rings is 1. The van der Waals surface area contributed by atoms with Crippen LogP contribution in [0.5, 0.6) is 5.75 Å². The third kappa shape index (κ3) is 6.11. The van der Waals surface area contributed by atoms with Gasteiger partial charge in [-0.2, -0.15) is 8.42 Å². The number of nitrogens with zero attached hydrogens (tertiary/aromatic N) is 4. The second kappa shape index (κ2) is 10.8. The number of amides is 1. The minimum absolute atomic E-state index is 0.0185. The Hall–Kier alpha value is -3.80. The zero-order chi connectivity index (χ0) is 28.5. The molecule has 1 unspecified atom stereocenters. The minimum atomic E-state index is -4.38. The predicted octanol–water partition coefficient (Wildman–Crippen LogP) is 4.04. The van der Waals surface area contributed by atoms with Gasteiger partial charge in [0.2, 0.25) is 0 Å². The predicted molar refractivity (Wildman–Crippen MR) is 146 cm³/mol. The van der Waals surface area contributed by atoms with Crippen LogP contribution in [0, 0.1) is 17.7 Å². The maximum Gasteiger partial charge on any atom is 0.285 e. The average Bonchev–Trinajstić information content (AvgIpc) is 3.13. The minimum Gasteiger partial charge on any atom is -0.493 e. The Morgan fingerprint density at radius 1 is 1.26 bits per heavy atom. The molecule has 10 nitrogen and oxygen atoms in total. The van der Waals surface area contributed by atoms with Crippen LogP contribution in [0.1, 0.15) is 51.5 Å². The monoisotopic (exact) mass is 556 g/mol. The number of hydrogen-bond donors (Lipinski definition) is 2. The molecule has 0 bridgehead atoms. The maximum atomic E-state index is 14.7. The fourth-order valence-electron chi connectivity index (χ4n) is 4.37. The highest BCUT2D eigenvalue weighted by molar-refractivity contribution is 7.90. The topological polar surface area (TPSA) is 140 Å². The molecule has 1 atom stereocenters. The molecule has 3 aromatic rings. The third-order valence-electron chi connectivity index (χ3n) is 6.91. The van der Waals surface area contributed by atoms with Crippen LogP contribution >= 0.6 is 0 Å². The molecule has 0 spiro atoms. The Bertz CT molecular complexity index is 1500. The van der Waals surface area contributed by atoms with Gasteiger partial charge in [0, 0.05) is 23.7 Å². The van der Waals surface area contributed by atoms with Gasteiger partial charge in [-0.05, 0) is 56.4 Å². The maximum absolute atomic E-state index is 14.7. The van der Waals surface area contributed by atoms with Crippen molar-refractivity contribution in [3.05, 3.63) is 54.1 Å². The van der Waals surface area contributed by atoms with Crippen LogP contribution in [0.25, 0.3) is 11.3 Å². The van der Waals surface area contributed by atoms with E-state index >= 15 is 0 Å². The van der Waals surface area contributed by atoms with E-state index in [1.54, 1.807) is 6.07 Å². The van der Waals surface area contributed by atoms with Crippen LogP contribution in [-0.4, -0.2) is 48.0 Å². The molecular formula is C27H33FN6O4S. The van der Waals surface area contributed by atoms with Gasteiger partial charge < -0.3 is 15.4 Å². The number of pyridine rings is 1. The van der Waals surface area contributed by atoms with Crippen molar-refractivity contribution in [2.45, 2.75) is 51.6 Å². The number of sulfonamides is 1. The fourth-order valence-corrected chi connectivity index (χ4v) is 5.29. The van der Waals surface area contributed by atoms with Crippen LogP contribution in [-0.2, 0) is 10.0 Å². The van der Waals surface area contributed by atoms with Crippen molar-refractivity contribution in [3.8, 4) is 17.0 Å². The highest BCUT2D eigenvalue weighted by Gasteiger charge is 2.39. The van der Waals surface area contributed by atoms with E-state index in [0.717, 1.165) is 13.0 Å². The zero-order valence-electron chi connectivity index (χ0n) is 22.6. The van der Waals surface area contributed by atoms with Gasteiger partial charge in [-0.1, -0.05) is 26.8 Å². The van der Waals surface area contributed by atoms with E-state index < -0.39 is 26.8 Å². The van der Waals surface area contributed by atoms with E-state index in [9.17, 15) is 17.6 Å². The van der Waals surface area contributed by atoms with E-state index in [-0.39, 0.29) is 40.0 Å². The number of rotatable bonds is 8. The average molecular weight is 557 g/mol. The van der Waals surface area contributed by atoms with Crippen molar-refractivity contribution < 1.29 is 22.3 Å². The largest absolute Gasteiger partial charge is 0.493 e. The molecule has 12 heteroatoms. The molecule has 3 heterocycles. The Labute approximate surface area is 227 Å². The second-order valence-corrected chi connectivity index (χ2v) is 12.3. The molecule has 4 rings (SSSR count). The van der Waals surface area contributed by atoms with Gasteiger partial charge in [0.25, 0.3) is 15.9 Å². The lowest BCUT2D eigenvalue weighted by molar-refractivity contribution is 0.0977. The Morgan fingerprint density at radius 2 is 2.00 bits per heavy atom. The molecule has 3 N–H and O–H groups in total. The Morgan fingerprint density at radius 3 is 2.64 bits per heavy atom. The molecule has 0 saturated carbocycles. The van der Waals surface area contributed by atoms with Crippen LogP contribution in [0.3, 0.4) is 0 Å². The van der Waals surface area contributed by atoms with E-state index in [2.05, 4.69) is 35.6 Å². The van der Waals surface area contributed by atoms with Gasteiger partial charge in [0.15, 0.2) is 10.7 Å². The Balaban J connectivity index is 1.80. The van der Waals surface area contributed by atoms with Crippen LogP contribution in [0.2, 0.25) is 0 Å². The molecule has 1 aliphatic heterocycles. The van der Waals surface area contributed by atoms with E-state index in [1.807, 2.05) is 18.6 Å². The van der Waals surface area contributed by atoms with Gasteiger partial charge >= 0.3 is 0 Å². The number of anilines is 2. The second-order valence-electron chi connectivity index (χ2n) is 10.6. The molecule has 1 aromatic carbocycles. The standard InChI is InChI=1S/C27H33FN6O4S/c1-16(2)15-38-20-12-18(11-19(28)13-20)24-25(26(35)33-39(36,37)23-8-6-7-21(29)31-23)30-14-22(32-24)34-10-9-17(3)27(34,4)5/h6-8,11-14,16-17H,9-10,15H2,1-5H3,(H2,29,31)(H,33,35). The van der Waals surface area contributed by atoms with E-state index in [4.69, 9.17) is 15.5 Å². The lowest BCUT2D eigenvalue weighted by Crippen LogP contribution is -2.42. The SMILES string of the molecule is CC(C)COc1cc(F)cc(-c2nc(N3CCC(C)C3(C)C)cnc2C(=O)NS(=O)(=O)c2cccc(N)n2)c1. The summed E-state index contributed by atoms with van der Waals surface area (Å²) in [7, 11) is -4.38. The summed E-state index contributed by atoms with van der Waals surface area (Å²) >= 11 is 0. The summed E-state index contributed by atoms with van der Waals surface area (Å²) in [4.78, 5) is 28.2. The third-order valence-corrected chi connectivity index (χ3v) is 8.15. The van der Waals surface area contributed by atoms with Gasteiger partial charge in [0.05, 0.1) is 12.8 Å². The van der Waals surface area contributed by atoms with Crippen molar-refractivity contribution in [2.24, 2.45) is 11.8 Å². The number of nitrogen functional groups attached to an aromatic ring is 1. The molecule has 208 valence electrons. The number of ether oxygens (including phenoxy) is 1. The number of carbonyl (C=O) groups is 1. The van der Waals surface area contributed by atoms with Crippen molar-refractivity contribution in [1.29, 1.82) is 0 Å². The fraction of sp³-hybridized carbons (Fsp3) is 0.407. The van der Waals surface area contributed by atoms with Crippen LogP contribution in [0.4, 0.5) is 16.0 Å². The summed E-state index contributed by atoms with van der Waals surface area (Å²) in [5.41, 5.74) is 5.31. The number of carbonyl (C=O) groups excluding carboxylic acids is 1. The first-order chi connectivity index (χ1) is 18.3. The molecular weight excluding hydrogens is 523 g/mol. The van der Waals surface area contributed by atoms with Crippen LogP contribution in [0.15, 0.2) is 47.6 Å². The molecule has 1 fully saturated rings. The molecule has 1 saturated heterocycles. The highest BCUT2D eigenvalue weighted by Crippen LogP contribution is 2.38. The lowest BCUT2D eigenvalue weighted by atomic mass is 9.90. The number of aromatic nitrogens is 3. The molecule has 1 amide bonds. The quantitative estimate of drug-likeness (QED) is 0.421. The van der Waals surface area contributed by atoms with Gasteiger partial charge in [-0.15, -0.1) is 0 Å². The Kier molecular flexibility index (Phi) is 7.78. The van der Waals surface area contributed by atoms with Gasteiger partial charge in [-0.25, -0.2) is 24.1 Å². The molecule has 0 radical (unpaired) electrons. The van der Waals surface area contributed by atoms with E-state index in [1.165, 1.54) is 36.5 Å². The smallest absolute Gasteiger partial charge is 0.285 e. The lowest BCUT2D eigenvalue weighted by Gasteiger charge is -2.35. The summed E-state index contributed by atoms with van der Waals surface area (Å²) in [5.74, 6) is -0.355. The molecule has 0 aliphatic carbocycles. The zero-order valence-corrected chi connectivity index (χ0v) is 23.4. The molecule has 39 heavy (non-hydrogen) atoms. The van der Waals surface area contributed by atoms with Crippen molar-refractivity contribution in [3.63, 3.8) is 0 Å². The molecule has 2 aromatic heterocycles. The van der Waals surface area contributed by atoms with Crippen LogP contribution < -0.4 is 20.1 Å². The summed E-state index contributed by atoms with van der Waals surface area (Å²) < 4.78 is 48.2. The number of hydrogen-bond acceptors (Lipinski definition) is 9. The summed E-state index contributed by atoms with van der Waals surface area (Å²) in [6.07, 6.45) is 2.36. The van der Waals surface area contributed by atoms with E-state index in [0.29, 0.717) is 18.3 Å².